The molecular weight excluding hydrogens is 336 g/mol. The van der Waals surface area contributed by atoms with Crippen LogP contribution in [0.2, 0.25) is 0 Å². The Kier molecular flexibility index (Phi) is 5.22. The highest BCUT2D eigenvalue weighted by molar-refractivity contribution is 9.10. The second-order valence-corrected chi connectivity index (χ2v) is 5.08. The molecule has 0 N–H and O–H groups in total. The zero-order chi connectivity index (χ0) is 15.2. The minimum atomic E-state index is 0.331. The van der Waals surface area contributed by atoms with Crippen LogP contribution in [0.3, 0.4) is 0 Å². The molecule has 4 nitrogen and oxygen atoms in total. The van der Waals surface area contributed by atoms with Crippen molar-refractivity contribution in [3.8, 4) is 17.2 Å². The van der Waals surface area contributed by atoms with Gasteiger partial charge < -0.3 is 14.2 Å². The first-order valence-electron chi connectivity index (χ1n) is 6.27. The van der Waals surface area contributed by atoms with Crippen LogP contribution < -0.4 is 14.2 Å². The van der Waals surface area contributed by atoms with Crippen molar-refractivity contribution in [2.75, 3.05) is 14.2 Å². The molecule has 0 amide bonds. The molecule has 0 heterocycles. The van der Waals surface area contributed by atoms with Crippen LogP contribution in [0.25, 0.3) is 0 Å². The van der Waals surface area contributed by atoms with E-state index in [-0.39, 0.29) is 0 Å². The Morgan fingerprint density at radius 2 is 1.81 bits per heavy atom. The maximum Gasteiger partial charge on any atom is 0.204 e. The molecule has 0 bridgehead atoms. The van der Waals surface area contributed by atoms with E-state index in [9.17, 15) is 4.79 Å². The third-order valence-corrected chi connectivity index (χ3v) is 3.61. The zero-order valence-electron chi connectivity index (χ0n) is 11.8. The first kappa shape index (κ1) is 15.4. The smallest absolute Gasteiger partial charge is 0.204 e. The number of hydrogen-bond donors (Lipinski definition) is 0. The van der Waals surface area contributed by atoms with Crippen molar-refractivity contribution in [2.45, 2.75) is 6.61 Å². The van der Waals surface area contributed by atoms with E-state index in [0.717, 1.165) is 11.8 Å². The van der Waals surface area contributed by atoms with E-state index in [1.807, 2.05) is 30.3 Å². The van der Waals surface area contributed by atoms with Crippen LogP contribution in [0.5, 0.6) is 17.2 Å². The molecule has 0 aliphatic heterocycles. The van der Waals surface area contributed by atoms with Crippen molar-refractivity contribution in [3.63, 3.8) is 0 Å². The van der Waals surface area contributed by atoms with Gasteiger partial charge in [-0.25, -0.2) is 0 Å². The first-order chi connectivity index (χ1) is 10.2. The van der Waals surface area contributed by atoms with Gasteiger partial charge in [0.1, 0.15) is 6.61 Å². The van der Waals surface area contributed by atoms with Gasteiger partial charge in [0.2, 0.25) is 5.75 Å². The lowest BCUT2D eigenvalue weighted by Crippen LogP contribution is -2.03. The van der Waals surface area contributed by atoms with E-state index in [0.29, 0.717) is 33.9 Å². The topological polar surface area (TPSA) is 44.8 Å². The van der Waals surface area contributed by atoms with Crippen LogP contribution in [0, 0.1) is 0 Å². The van der Waals surface area contributed by atoms with Gasteiger partial charge in [0.15, 0.2) is 17.8 Å². The number of aldehydes is 1. The summed E-state index contributed by atoms with van der Waals surface area (Å²) < 4.78 is 17.0. The molecule has 0 fully saturated rings. The standard InChI is InChI=1S/C16H15BrO4/c1-19-14-8-13(17)12(9-18)15(16(14)20-2)21-10-11-6-4-3-5-7-11/h3-9H,10H2,1-2H3. The lowest BCUT2D eigenvalue weighted by Gasteiger charge is -2.16. The molecule has 0 radical (unpaired) electrons. The SMILES string of the molecule is COc1cc(Br)c(C=O)c(OCc2ccccc2)c1OC. The summed E-state index contributed by atoms with van der Waals surface area (Å²) in [5.41, 5.74) is 1.39. The van der Waals surface area contributed by atoms with Crippen LogP contribution in [-0.4, -0.2) is 20.5 Å². The van der Waals surface area contributed by atoms with E-state index in [2.05, 4.69) is 15.9 Å². The fraction of sp³-hybridized carbons (Fsp3) is 0.188. The number of ether oxygens (including phenoxy) is 3. The molecule has 2 aromatic carbocycles. The minimum Gasteiger partial charge on any atom is -0.493 e. The molecule has 0 atom stereocenters. The largest absolute Gasteiger partial charge is 0.493 e. The zero-order valence-corrected chi connectivity index (χ0v) is 13.3. The average molecular weight is 351 g/mol. The van der Waals surface area contributed by atoms with Crippen LogP contribution in [0.1, 0.15) is 15.9 Å². The highest BCUT2D eigenvalue weighted by Crippen LogP contribution is 2.43. The second-order valence-electron chi connectivity index (χ2n) is 4.23. The number of halogens is 1. The fourth-order valence-corrected chi connectivity index (χ4v) is 2.41. The normalized spacial score (nSPS) is 10.0. The summed E-state index contributed by atoms with van der Waals surface area (Å²) in [6, 6.07) is 11.4. The molecule has 5 heteroatoms. The third kappa shape index (κ3) is 3.36. The predicted molar refractivity (Wildman–Crippen MR) is 83.4 cm³/mol. The van der Waals surface area contributed by atoms with Crippen LogP contribution in [0.15, 0.2) is 40.9 Å². The Balaban J connectivity index is 2.40. The molecule has 21 heavy (non-hydrogen) atoms. The van der Waals surface area contributed by atoms with Crippen LogP contribution in [-0.2, 0) is 6.61 Å². The molecule has 0 aliphatic carbocycles. The molecule has 0 saturated carbocycles. The van der Waals surface area contributed by atoms with E-state index >= 15 is 0 Å². The van der Waals surface area contributed by atoms with Crippen LogP contribution in [0.4, 0.5) is 0 Å². The molecule has 0 unspecified atom stereocenters. The molecular formula is C16H15BrO4. The maximum atomic E-state index is 11.3. The van der Waals surface area contributed by atoms with E-state index in [1.165, 1.54) is 14.2 Å². The van der Waals surface area contributed by atoms with Gasteiger partial charge in [0, 0.05) is 4.47 Å². The second kappa shape index (κ2) is 7.13. The monoisotopic (exact) mass is 350 g/mol. The summed E-state index contributed by atoms with van der Waals surface area (Å²) in [6.45, 7) is 0.331. The molecule has 2 aromatic rings. The summed E-state index contributed by atoms with van der Waals surface area (Å²) in [5.74, 6) is 1.26. The van der Waals surface area contributed by atoms with E-state index < -0.39 is 0 Å². The summed E-state index contributed by atoms with van der Waals surface area (Å²) in [5, 5.41) is 0. The summed E-state index contributed by atoms with van der Waals surface area (Å²) in [6.07, 6.45) is 0.729. The van der Waals surface area contributed by atoms with Gasteiger partial charge in [-0.3, -0.25) is 4.79 Å². The van der Waals surface area contributed by atoms with Crippen molar-refractivity contribution in [3.05, 3.63) is 52.0 Å². The summed E-state index contributed by atoms with van der Waals surface area (Å²) >= 11 is 3.34. The van der Waals surface area contributed by atoms with Gasteiger partial charge in [-0.05, 0) is 27.6 Å². The van der Waals surface area contributed by atoms with Gasteiger partial charge >= 0.3 is 0 Å². The van der Waals surface area contributed by atoms with Crippen molar-refractivity contribution in [1.82, 2.24) is 0 Å². The van der Waals surface area contributed by atoms with Gasteiger partial charge in [0.25, 0.3) is 0 Å². The van der Waals surface area contributed by atoms with Crippen molar-refractivity contribution < 1.29 is 19.0 Å². The minimum absolute atomic E-state index is 0.331. The van der Waals surface area contributed by atoms with Crippen molar-refractivity contribution in [1.29, 1.82) is 0 Å². The lowest BCUT2D eigenvalue weighted by molar-refractivity contribution is 0.111. The number of carbonyl (C=O) groups is 1. The highest BCUT2D eigenvalue weighted by Gasteiger charge is 2.20. The molecule has 110 valence electrons. The number of hydrogen-bond acceptors (Lipinski definition) is 4. The number of methoxy groups -OCH3 is 2. The van der Waals surface area contributed by atoms with Gasteiger partial charge in [-0.2, -0.15) is 0 Å². The molecule has 0 aromatic heterocycles. The number of rotatable bonds is 6. The summed E-state index contributed by atoms with van der Waals surface area (Å²) in [7, 11) is 3.04. The maximum absolute atomic E-state index is 11.3. The quantitative estimate of drug-likeness (QED) is 0.742. The first-order valence-corrected chi connectivity index (χ1v) is 7.07. The van der Waals surface area contributed by atoms with E-state index in [4.69, 9.17) is 14.2 Å². The molecule has 2 rings (SSSR count). The lowest BCUT2D eigenvalue weighted by atomic mass is 10.2. The Hall–Kier alpha value is -2.01. The average Bonchev–Trinajstić information content (AvgIpc) is 2.53. The highest BCUT2D eigenvalue weighted by atomic mass is 79.9. The van der Waals surface area contributed by atoms with Crippen LogP contribution >= 0.6 is 15.9 Å². The number of carbonyl (C=O) groups excluding carboxylic acids is 1. The molecule has 0 aliphatic rings. The van der Waals surface area contributed by atoms with Gasteiger partial charge in [-0.15, -0.1) is 0 Å². The Morgan fingerprint density at radius 1 is 1.10 bits per heavy atom. The van der Waals surface area contributed by atoms with Gasteiger partial charge in [0.05, 0.1) is 19.8 Å². The van der Waals surface area contributed by atoms with E-state index in [1.54, 1.807) is 6.07 Å². The predicted octanol–water partition coefficient (Wildman–Crippen LogP) is 3.86. The Bertz CT molecular complexity index is 626. The number of benzene rings is 2. The summed E-state index contributed by atoms with van der Waals surface area (Å²) in [4.78, 5) is 11.3. The third-order valence-electron chi connectivity index (χ3n) is 2.96. The van der Waals surface area contributed by atoms with Gasteiger partial charge in [-0.1, -0.05) is 30.3 Å². The Labute approximate surface area is 131 Å². The Morgan fingerprint density at radius 3 is 2.38 bits per heavy atom. The molecule has 0 spiro atoms. The fourth-order valence-electron chi connectivity index (χ4n) is 1.93. The molecule has 0 saturated heterocycles. The van der Waals surface area contributed by atoms with Crippen molar-refractivity contribution >= 4 is 22.2 Å². The van der Waals surface area contributed by atoms with Crippen molar-refractivity contribution in [2.24, 2.45) is 0 Å².